The molecule has 10 aromatic carbocycles. The molecule has 2 aromatic heterocycles. The summed E-state index contributed by atoms with van der Waals surface area (Å²) in [5.74, 6) is 2.58. The summed E-state index contributed by atoms with van der Waals surface area (Å²) in [7, 11) is 4.01. The van der Waals surface area contributed by atoms with Gasteiger partial charge in [0.05, 0.1) is 69.2 Å². The largest absolute Gasteiger partial charge is 0.507 e. The molecule has 0 unspecified atom stereocenters. The topological polar surface area (TPSA) is 354 Å². The van der Waals surface area contributed by atoms with Gasteiger partial charge in [-0.05, 0) is 333 Å². The lowest BCUT2D eigenvalue weighted by molar-refractivity contribution is 0.0591. The number of carbonyl (C=O) groups excluding carboxylic acids is 4. The number of nitriles is 3. The number of halogens is 3. The minimum atomic E-state index is -0.977. The van der Waals surface area contributed by atoms with Crippen molar-refractivity contribution in [3.8, 4) is 70.0 Å². The van der Waals surface area contributed by atoms with Gasteiger partial charge in [0.2, 0.25) is 0 Å². The Kier molecular flexibility index (Phi) is 40.8. The third-order valence-corrected chi connectivity index (χ3v) is 21.9. The summed E-state index contributed by atoms with van der Waals surface area (Å²) in [5, 5.41) is 46.3. The molecule has 0 aliphatic carbocycles. The minimum Gasteiger partial charge on any atom is -0.507 e. The maximum atomic E-state index is 12.7. The van der Waals surface area contributed by atoms with Gasteiger partial charge in [-0.2, -0.15) is 15.8 Å². The van der Waals surface area contributed by atoms with Gasteiger partial charge in [-0.15, -0.1) is 0 Å². The van der Waals surface area contributed by atoms with Gasteiger partial charge in [0.25, 0.3) is 11.1 Å². The van der Waals surface area contributed by atoms with E-state index in [1.54, 1.807) is 105 Å². The fraction of sp³-hybridized carbons (Fsp3) is 0.243. The molecule has 12 rings (SSSR count). The van der Waals surface area contributed by atoms with Crippen LogP contribution in [0.15, 0.2) is 213 Å². The molecule has 12 aromatic rings. The molecule has 0 amide bonds. The Balaban J connectivity index is 0.000000238. The standard InChI is InChI=1S/C26H26N2O3.C18H17NO3.C17H17BrO3.C17H15NO3.C9H9FO2.C8H9BrO.C8H12N2O/c1-5-19-7-6-8-25(22(19)15-27)31-24-12-9-20(14-17(24)3)23(29)11-10-21-16(2)13-18(4)28-26(21)30;1-4-13-6-5-7-17(15(13)11-19)22-16-9-8-14(10-12(16)2)18(20)21-3;1-4-12-6-5-7-15(16(12)18)21-14-9-8-13(10-11(14)2)17(19)20-3;1-3-12-5-4-6-16(14(12)10-18)21-15-8-7-13(17(19)20)9-11(15)2;1-6-5-7(9(11)12-2)3-4-8(6)10;1-2-6-4-3-5-7(10)8(6)9;1-5-3-6(2)10-8(11)7(5)4-9/h6-9,12-14H,5,10-11H2,1-4H3,(H,28,30);5-10H,4H2,1-3H3;5-10H,4H2,1-3H3;4-9H,3H2,1-2H3,(H,19,20);3-5H,1-2H3;3-5,10H,2H2,1H3;3H,4,9H2,1-2H3,(H,10,11). The number of pyridine rings is 2. The lowest BCUT2D eigenvalue weighted by atomic mass is 9.99. The molecule has 2 heterocycles. The highest BCUT2D eigenvalue weighted by atomic mass is 79.9. The molecule has 0 spiro atoms. The van der Waals surface area contributed by atoms with Gasteiger partial charge in [0.15, 0.2) is 5.78 Å². The van der Waals surface area contributed by atoms with Crippen molar-refractivity contribution < 1.29 is 71.7 Å². The van der Waals surface area contributed by atoms with Crippen molar-refractivity contribution in [2.75, 3.05) is 21.3 Å². The number of hydrogen-bond donors (Lipinski definition) is 5. The van der Waals surface area contributed by atoms with Gasteiger partial charge < -0.3 is 59.1 Å². The molecule has 0 aliphatic heterocycles. The Bertz CT molecular complexity index is 6240. The third kappa shape index (κ3) is 29.0. The Hall–Kier alpha value is -14.0. The molecule has 0 fully saturated rings. The Morgan fingerprint density at radius 3 is 1.04 bits per heavy atom. The van der Waals surface area contributed by atoms with Gasteiger partial charge in [-0.25, -0.2) is 23.6 Å². The number of nitrogens with zero attached hydrogens (tertiary/aromatic N) is 3. The second kappa shape index (κ2) is 50.8. The fourth-order valence-electron chi connectivity index (χ4n) is 12.9. The van der Waals surface area contributed by atoms with E-state index in [2.05, 4.69) is 84.7 Å². The first-order valence-electron chi connectivity index (χ1n) is 40.9. The normalized spacial score (nSPS) is 10.1. The number of aromatic carboxylic acids is 1. The molecule has 0 saturated heterocycles. The number of hydrogen-bond acceptors (Lipinski definition) is 19. The van der Waals surface area contributed by atoms with E-state index in [1.165, 1.54) is 51.2 Å². The Labute approximate surface area is 763 Å². The van der Waals surface area contributed by atoms with E-state index in [0.29, 0.717) is 114 Å². The van der Waals surface area contributed by atoms with E-state index in [9.17, 15) is 58.8 Å². The maximum Gasteiger partial charge on any atom is 0.337 e. The summed E-state index contributed by atoms with van der Waals surface area (Å²) >= 11 is 6.86. The van der Waals surface area contributed by atoms with Crippen molar-refractivity contribution in [1.29, 1.82) is 15.8 Å². The van der Waals surface area contributed by atoms with E-state index in [1.807, 2.05) is 142 Å². The van der Waals surface area contributed by atoms with Crippen LogP contribution in [0.4, 0.5) is 4.39 Å². The van der Waals surface area contributed by atoms with Crippen molar-refractivity contribution in [2.45, 2.75) is 148 Å². The third-order valence-electron chi connectivity index (χ3n) is 20.0. The summed E-state index contributed by atoms with van der Waals surface area (Å²) in [6, 6.07) is 62.8. The number of benzene rings is 10. The number of Topliss-reactive ketones (excluding diaryl/α,β-unsaturated/α-hetero) is 1. The highest BCUT2D eigenvalue weighted by Crippen LogP contribution is 2.37. The van der Waals surface area contributed by atoms with Crippen LogP contribution in [0.3, 0.4) is 0 Å². The van der Waals surface area contributed by atoms with Crippen LogP contribution in [-0.2, 0) is 59.3 Å². The second-order valence-electron chi connectivity index (χ2n) is 29.0. The van der Waals surface area contributed by atoms with Gasteiger partial charge >= 0.3 is 23.9 Å². The number of aromatic amines is 2. The SMILES string of the molecule is CCc1cccc(O)c1Br.CCc1cccc(Oc2ccc(C(=O)CCc3c(C)cc(C)[nH]c3=O)cc2C)c1C#N.CCc1cccc(Oc2ccc(C(=O)O)cc2C)c1C#N.CCc1cccc(Oc2ccc(C(=O)OC)cc2C)c1Br.CCc1cccc(Oc2ccc(C(=O)OC)cc2C)c1C#N.COC(=O)c1ccc(F)c(C)c1.Cc1cc(C)c(CN)c(=O)[nH]1. The zero-order valence-corrected chi connectivity index (χ0v) is 78.0. The molecule has 0 atom stereocenters. The fourth-order valence-corrected chi connectivity index (χ4v) is 14.1. The number of rotatable bonds is 22. The number of esters is 3. The number of ketones is 1. The van der Waals surface area contributed by atoms with Crippen molar-refractivity contribution in [1.82, 2.24) is 9.97 Å². The highest BCUT2D eigenvalue weighted by molar-refractivity contribution is 9.11. The van der Waals surface area contributed by atoms with E-state index in [4.69, 9.17) is 39.3 Å². The molecule has 664 valence electrons. The average molecular weight is 1860 g/mol. The zero-order chi connectivity index (χ0) is 94.6. The molecular formula is C103H105Br2FN6O16. The van der Waals surface area contributed by atoms with Crippen LogP contribution in [0.2, 0.25) is 0 Å². The summed E-state index contributed by atoms with van der Waals surface area (Å²) in [6.45, 7) is 26.9. The van der Waals surface area contributed by atoms with Crippen LogP contribution >= 0.6 is 31.9 Å². The summed E-state index contributed by atoms with van der Waals surface area (Å²) in [6.07, 6.45) is 4.77. The van der Waals surface area contributed by atoms with E-state index in [0.717, 1.165) is 114 Å². The van der Waals surface area contributed by atoms with Crippen LogP contribution in [0.5, 0.6) is 51.7 Å². The van der Waals surface area contributed by atoms with Crippen LogP contribution in [0, 0.1) is 102 Å². The molecule has 6 N–H and O–H groups in total. The lowest BCUT2D eigenvalue weighted by Crippen LogP contribution is -2.18. The molecule has 22 nitrogen and oxygen atoms in total. The number of methoxy groups -OCH3 is 3. The van der Waals surface area contributed by atoms with Crippen LogP contribution < -0.4 is 35.8 Å². The molecule has 0 aliphatic rings. The number of ether oxygens (including phenoxy) is 7. The number of nitrogens with one attached hydrogen (secondary N) is 2. The predicted molar refractivity (Wildman–Crippen MR) is 501 cm³/mol. The summed E-state index contributed by atoms with van der Waals surface area (Å²) < 4.78 is 52.0. The highest BCUT2D eigenvalue weighted by Gasteiger charge is 2.20. The average Bonchev–Trinajstić information content (AvgIpc) is 0.829. The van der Waals surface area contributed by atoms with Crippen molar-refractivity contribution >= 4 is 61.5 Å². The first kappa shape index (κ1) is 103. The Morgan fingerprint density at radius 1 is 0.391 bits per heavy atom. The first-order chi connectivity index (χ1) is 61.1. The van der Waals surface area contributed by atoms with Crippen LogP contribution in [0.1, 0.15) is 199 Å². The molecule has 128 heavy (non-hydrogen) atoms. The number of nitrogens with two attached hydrogens (primary N) is 1. The number of aromatic nitrogens is 2. The number of phenolic OH excluding ortho intramolecular Hbond substituents is 1. The molecule has 0 bridgehead atoms. The van der Waals surface area contributed by atoms with Crippen LogP contribution in [-0.4, -0.2) is 71.2 Å². The zero-order valence-electron chi connectivity index (χ0n) is 74.8. The van der Waals surface area contributed by atoms with Crippen molar-refractivity contribution in [3.05, 3.63) is 363 Å². The smallest absolute Gasteiger partial charge is 0.337 e. The monoisotopic (exact) mass is 1860 g/mol. The lowest BCUT2D eigenvalue weighted by Gasteiger charge is -2.13. The number of carbonyl (C=O) groups is 5. The minimum absolute atomic E-state index is 0.0280. The number of carboxylic acid groups (broad SMARTS) is 1. The van der Waals surface area contributed by atoms with Crippen molar-refractivity contribution in [2.24, 2.45) is 5.73 Å². The van der Waals surface area contributed by atoms with Gasteiger partial charge in [-0.3, -0.25) is 14.4 Å². The number of aryl methyl sites for hydroxylation is 14. The Morgan fingerprint density at radius 2 is 0.703 bits per heavy atom. The van der Waals surface area contributed by atoms with Gasteiger partial charge in [-0.1, -0.05) is 95.3 Å². The van der Waals surface area contributed by atoms with Gasteiger partial charge in [0.1, 0.15) is 75.8 Å². The van der Waals surface area contributed by atoms with E-state index >= 15 is 0 Å². The molecule has 0 saturated carbocycles. The second-order valence-corrected chi connectivity index (χ2v) is 30.6. The number of aromatic hydroxyl groups is 1. The van der Waals surface area contributed by atoms with E-state index < -0.39 is 11.9 Å². The number of carboxylic acids is 1. The van der Waals surface area contributed by atoms with Gasteiger partial charge in [0, 0.05) is 41.0 Å². The molecular weight excluding hydrogens is 1760 g/mol. The first-order valence-corrected chi connectivity index (χ1v) is 42.5. The summed E-state index contributed by atoms with van der Waals surface area (Å²) in [5.41, 5.74) is 22.6. The number of phenols is 1. The predicted octanol–water partition coefficient (Wildman–Crippen LogP) is 23.3. The molecule has 25 heteroatoms. The van der Waals surface area contributed by atoms with Crippen LogP contribution in [0.25, 0.3) is 0 Å². The van der Waals surface area contributed by atoms with Crippen molar-refractivity contribution in [3.63, 3.8) is 0 Å². The summed E-state index contributed by atoms with van der Waals surface area (Å²) in [4.78, 5) is 86.4. The van der Waals surface area contributed by atoms with E-state index in [-0.39, 0.29) is 46.6 Å². The quantitative estimate of drug-likeness (QED) is 0.0239. The number of H-pyrrole nitrogens is 2. The maximum absolute atomic E-state index is 12.7. The molecule has 0 radical (unpaired) electrons.